The van der Waals surface area contributed by atoms with Crippen molar-refractivity contribution < 1.29 is 14.3 Å². The number of ether oxygens (including phenoxy) is 1. The van der Waals surface area contributed by atoms with Gasteiger partial charge in [0.15, 0.2) is 0 Å². The van der Waals surface area contributed by atoms with Gasteiger partial charge in [-0.15, -0.1) is 0 Å². The highest BCUT2D eigenvalue weighted by Crippen LogP contribution is 2.44. The van der Waals surface area contributed by atoms with Crippen LogP contribution in [0.15, 0.2) is 91.0 Å². The van der Waals surface area contributed by atoms with Crippen molar-refractivity contribution in [2.75, 3.05) is 5.75 Å². The van der Waals surface area contributed by atoms with Crippen molar-refractivity contribution in [2.45, 2.75) is 38.0 Å². The number of primary amides is 1. The maximum Gasteiger partial charge on any atom is 0.412 e. The Balaban J connectivity index is 2.47. The Morgan fingerprint density at radius 1 is 0.818 bits per heavy atom. The van der Waals surface area contributed by atoms with Crippen LogP contribution in [-0.4, -0.2) is 34.3 Å². The van der Waals surface area contributed by atoms with Gasteiger partial charge in [-0.1, -0.05) is 91.0 Å². The van der Waals surface area contributed by atoms with Crippen LogP contribution >= 0.6 is 12.6 Å². The van der Waals surface area contributed by atoms with Crippen molar-refractivity contribution in [2.24, 2.45) is 5.73 Å². The molecule has 172 valence electrons. The summed E-state index contributed by atoms with van der Waals surface area (Å²) < 4.78 is 5.85. The molecule has 3 rings (SSSR count). The fourth-order valence-corrected chi connectivity index (χ4v) is 4.41. The molecule has 3 aromatic carbocycles. The third-order valence-electron chi connectivity index (χ3n) is 5.34. The van der Waals surface area contributed by atoms with E-state index in [1.54, 1.807) is 20.8 Å². The second kappa shape index (κ2) is 10.1. The molecule has 0 aliphatic carbocycles. The standard InChI is InChI=1S/C27H30N2O3S/c1-26(2,3)32-25(31)29(23(19-33)24(28)30)27(20-13-7-4-8-14-20,21-15-9-5-10-16-21)22-17-11-6-12-18-22/h4-18,23,33H,19H2,1-3H3,(H2,28,30). The highest BCUT2D eigenvalue weighted by Gasteiger charge is 2.50. The van der Waals surface area contributed by atoms with E-state index < -0.39 is 29.2 Å². The van der Waals surface area contributed by atoms with Crippen LogP contribution < -0.4 is 5.73 Å². The Morgan fingerprint density at radius 3 is 1.45 bits per heavy atom. The van der Waals surface area contributed by atoms with E-state index in [-0.39, 0.29) is 5.75 Å². The Bertz CT molecular complexity index is 970. The summed E-state index contributed by atoms with van der Waals surface area (Å²) >= 11 is 4.42. The summed E-state index contributed by atoms with van der Waals surface area (Å²) in [6, 6.07) is 27.8. The molecular weight excluding hydrogens is 432 g/mol. The smallest absolute Gasteiger partial charge is 0.412 e. The van der Waals surface area contributed by atoms with Gasteiger partial charge in [0.1, 0.15) is 17.2 Å². The van der Waals surface area contributed by atoms with E-state index in [4.69, 9.17) is 10.5 Å². The molecule has 0 heterocycles. The predicted molar refractivity (Wildman–Crippen MR) is 134 cm³/mol. The van der Waals surface area contributed by atoms with Gasteiger partial charge in [0.25, 0.3) is 0 Å². The number of amides is 2. The van der Waals surface area contributed by atoms with Crippen LogP contribution in [0, 0.1) is 0 Å². The van der Waals surface area contributed by atoms with Crippen LogP contribution in [0.1, 0.15) is 37.5 Å². The van der Waals surface area contributed by atoms with E-state index in [9.17, 15) is 9.59 Å². The van der Waals surface area contributed by atoms with Crippen molar-refractivity contribution in [1.29, 1.82) is 0 Å². The minimum atomic E-state index is -1.20. The van der Waals surface area contributed by atoms with Gasteiger partial charge in [0, 0.05) is 5.75 Å². The first-order valence-electron chi connectivity index (χ1n) is 10.8. The van der Waals surface area contributed by atoms with E-state index in [1.165, 1.54) is 4.90 Å². The lowest BCUT2D eigenvalue weighted by Crippen LogP contribution is -2.61. The fraction of sp³-hybridized carbons (Fsp3) is 0.259. The molecule has 5 nitrogen and oxygen atoms in total. The van der Waals surface area contributed by atoms with E-state index in [1.807, 2.05) is 91.0 Å². The predicted octanol–water partition coefficient (Wildman–Crippen LogP) is 5.00. The molecule has 2 N–H and O–H groups in total. The van der Waals surface area contributed by atoms with Crippen molar-refractivity contribution >= 4 is 24.6 Å². The normalized spacial score (nSPS) is 12.6. The molecular formula is C27H30N2O3S. The van der Waals surface area contributed by atoms with E-state index in [0.717, 1.165) is 16.7 Å². The Kier molecular flexibility index (Phi) is 7.49. The van der Waals surface area contributed by atoms with Gasteiger partial charge in [-0.3, -0.25) is 9.69 Å². The minimum Gasteiger partial charge on any atom is -0.444 e. The van der Waals surface area contributed by atoms with Gasteiger partial charge in [-0.25, -0.2) is 4.79 Å². The van der Waals surface area contributed by atoms with Crippen molar-refractivity contribution in [1.82, 2.24) is 4.90 Å². The van der Waals surface area contributed by atoms with E-state index in [0.29, 0.717) is 0 Å². The fourth-order valence-electron chi connectivity index (χ4n) is 4.06. The van der Waals surface area contributed by atoms with Crippen LogP contribution in [0.25, 0.3) is 0 Å². The third kappa shape index (κ3) is 5.06. The number of rotatable bonds is 7. The lowest BCUT2D eigenvalue weighted by atomic mass is 9.75. The Morgan fingerprint density at radius 2 is 1.18 bits per heavy atom. The molecule has 0 saturated carbocycles. The zero-order valence-corrected chi connectivity index (χ0v) is 20.0. The number of carbonyl (C=O) groups is 2. The molecule has 0 aliphatic rings. The molecule has 33 heavy (non-hydrogen) atoms. The minimum absolute atomic E-state index is 0.0306. The average molecular weight is 463 g/mol. The molecule has 6 heteroatoms. The SMILES string of the molecule is CC(C)(C)OC(=O)N(C(CS)C(N)=O)C(c1ccccc1)(c1ccccc1)c1ccccc1. The molecule has 1 unspecified atom stereocenters. The van der Waals surface area contributed by atoms with Gasteiger partial charge >= 0.3 is 6.09 Å². The van der Waals surface area contributed by atoms with Crippen molar-refractivity contribution in [3.05, 3.63) is 108 Å². The van der Waals surface area contributed by atoms with E-state index >= 15 is 0 Å². The monoisotopic (exact) mass is 462 g/mol. The van der Waals surface area contributed by atoms with Gasteiger partial charge < -0.3 is 10.5 Å². The second-order valence-corrected chi connectivity index (χ2v) is 9.12. The first-order chi connectivity index (χ1) is 15.7. The van der Waals surface area contributed by atoms with Gasteiger partial charge in [0.05, 0.1) is 0 Å². The summed E-state index contributed by atoms with van der Waals surface area (Å²) in [5.74, 6) is -0.633. The van der Waals surface area contributed by atoms with Crippen molar-refractivity contribution in [3.63, 3.8) is 0 Å². The summed E-state index contributed by atoms with van der Waals surface area (Å²) in [6.45, 7) is 5.37. The number of benzene rings is 3. The van der Waals surface area contributed by atoms with Gasteiger partial charge in [-0.05, 0) is 37.5 Å². The maximum atomic E-state index is 13.9. The number of thiol groups is 1. The summed E-state index contributed by atoms with van der Waals surface area (Å²) in [4.78, 5) is 28.1. The summed E-state index contributed by atoms with van der Waals surface area (Å²) in [5.41, 5.74) is 6.23. The maximum absolute atomic E-state index is 13.9. The Hall–Kier alpha value is -3.25. The quantitative estimate of drug-likeness (QED) is 0.383. The highest BCUT2D eigenvalue weighted by molar-refractivity contribution is 7.80. The molecule has 0 bridgehead atoms. The summed E-state index contributed by atoms with van der Waals surface area (Å²) in [5, 5.41) is 0. The van der Waals surface area contributed by atoms with Crippen LogP contribution in [-0.2, 0) is 15.1 Å². The number of nitrogens with zero attached hydrogens (tertiary/aromatic N) is 1. The van der Waals surface area contributed by atoms with Crippen molar-refractivity contribution in [3.8, 4) is 0 Å². The van der Waals surface area contributed by atoms with Crippen LogP contribution in [0.3, 0.4) is 0 Å². The van der Waals surface area contributed by atoms with Crippen LogP contribution in [0.4, 0.5) is 4.79 Å². The molecule has 1 atom stereocenters. The van der Waals surface area contributed by atoms with E-state index in [2.05, 4.69) is 12.6 Å². The topological polar surface area (TPSA) is 72.6 Å². The van der Waals surface area contributed by atoms with Gasteiger partial charge in [0.2, 0.25) is 5.91 Å². The molecule has 2 amide bonds. The number of hydrogen-bond donors (Lipinski definition) is 2. The zero-order valence-electron chi connectivity index (χ0n) is 19.1. The first kappa shape index (κ1) is 24.4. The summed E-state index contributed by atoms with van der Waals surface area (Å²) in [6.07, 6.45) is -0.656. The molecule has 0 radical (unpaired) electrons. The van der Waals surface area contributed by atoms with Crippen LogP contribution in [0.2, 0.25) is 0 Å². The first-order valence-corrected chi connectivity index (χ1v) is 11.4. The zero-order chi connectivity index (χ0) is 24.1. The summed E-state index contributed by atoms with van der Waals surface area (Å²) in [7, 11) is 0. The largest absolute Gasteiger partial charge is 0.444 e. The average Bonchev–Trinajstić information content (AvgIpc) is 2.80. The van der Waals surface area contributed by atoms with Gasteiger partial charge in [-0.2, -0.15) is 12.6 Å². The number of carbonyl (C=O) groups excluding carboxylic acids is 2. The Labute approximate surface area is 201 Å². The number of hydrogen-bond acceptors (Lipinski definition) is 4. The lowest BCUT2D eigenvalue weighted by Gasteiger charge is -2.48. The molecule has 0 fully saturated rings. The number of nitrogens with two attached hydrogens (primary N) is 1. The second-order valence-electron chi connectivity index (χ2n) is 8.76. The third-order valence-corrected chi connectivity index (χ3v) is 5.69. The molecule has 3 aromatic rings. The highest BCUT2D eigenvalue weighted by atomic mass is 32.1. The molecule has 0 aliphatic heterocycles. The molecule has 0 aromatic heterocycles. The molecule has 0 spiro atoms. The lowest BCUT2D eigenvalue weighted by molar-refractivity contribution is -0.124. The van der Waals surface area contributed by atoms with Crippen LogP contribution in [0.5, 0.6) is 0 Å². The molecule has 0 saturated heterocycles.